The zero-order valence-corrected chi connectivity index (χ0v) is 17.4. The quantitative estimate of drug-likeness (QED) is 0.686. The number of amides is 1. The Morgan fingerprint density at radius 1 is 1.19 bits per heavy atom. The van der Waals surface area contributed by atoms with Gasteiger partial charge in [-0.3, -0.25) is 9.69 Å². The maximum Gasteiger partial charge on any atom is 0.227 e. The first-order valence-corrected chi connectivity index (χ1v) is 9.62. The Balaban J connectivity index is 0.00000182. The van der Waals surface area contributed by atoms with Gasteiger partial charge in [0.05, 0.1) is 0 Å². The lowest BCUT2D eigenvalue weighted by molar-refractivity contribution is -0.120. The van der Waals surface area contributed by atoms with Crippen LogP contribution < -0.4 is 11.1 Å². The average molecular weight is 418 g/mol. The highest BCUT2D eigenvalue weighted by molar-refractivity contribution is 5.92. The van der Waals surface area contributed by atoms with Crippen LogP contribution >= 0.6 is 24.8 Å². The molecule has 27 heavy (non-hydrogen) atoms. The highest BCUT2D eigenvalue weighted by Crippen LogP contribution is 2.25. The van der Waals surface area contributed by atoms with E-state index in [1.165, 1.54) is 5.56 Å². The number of hydrogen-bond donors (Lipinski definition) is 3. The Hall–Kier alpha value is -0.850. The number of benzene rings is 1. The van der Waals surface area contributed by atoms with Gasteiger partial charge in [0.15, 0.2) is 0 Å². The summed E-state index contributed by atoms with van der Waals surface area (Å²) in [7, 11) is 0. The number of anilines is 1. The van der Waals surface area contributed by atoms with Crippen LogP contribution in [0.5, 0.6) is 0 Å². The van der Waals surface area contributed by atoms with Gasteiger partial charge < -0.3 is 16.2 Å². The molecule has 1 aromatic carbocycles. The molecular weight excluding hydrogens is 385 g/mol. The van der Waals surface area contributed by atoms with Gasteiger partial charge in [-0.15, -0.1) is 24.8 Å². The molecule has 7 heteroatoms. The summed E-state index contributed by atoms with van der Waals surface area (Å²) in [5.41, 5.74) is 8.11. The van der Waals surface area contributed by atoms with E-state index in [2.05, 4.69) is 22.3 Å². The normalized spacial score (nSPS) is 23.8. The number of aliphatic hydroxyl groups is 1. The van der Waals surface area contributed by atoms with E-state index in [0.717, 1.165) is 63.8 Å². The highest BCUT2D eigenvalue weighted by Gasteiger charge is 2.25. The van der Waals surface area contributed by atoms with Gasteiger partial charge in [-0.05, 0) is 68.8 Å². The third kappa shape index (κ3) is 7.24. The van der Waals surface area contributed by atoms with E-state index < -0.39 is 0 Å². The van der Waals surface area contributed by atoms with E-state index in [9.17, 15) is 9.90 Å². The van der Waals surface area contributed by atoms with Crippen LogP contribution in [0.4, 0.5) is 5.69 Å². The van der Waals surface area contributed by atoms with Crippen molar-refractivity contribution >= 4 is 36.4 Å². The van der Waals surface area contributed by atoms with E-state index in [1.807, 2.05) is 12.1 Å². The SMILES string of the molecule is Cl.Cl.NC1CCCC(C(=O)Nc2cccc(CN3CCC(CO)CC3)c2)C1. The number of piperidine rings is 1. The molecule has 2 atom stereocenters. The van der Waals surface area contributed by atoms with Gasteiger partial charge >= 0.3 is 0 Å². The van der Waals surface area contributed by atoms with E-state index in [4.69, 9.17) is 5.73 Å². The second kappa shape index (κ2) is 11.9. The molecule has 1 aromatic rings. The Bertz CT molecular complexity index is 580. The fraction of sp³-hybridized carbons (Fsp3) is 0.650. The first kappa shape index (κ1) is 24.2. The van der Waals surface area contributed by atoms with Crippen LogP contribution in [-0.4, -0.2) is 41.7 Å². The zero-order chi connectivity index (χ0) is 17.6. The molecule has 1 amide bonds. The molecule has 0 aromatic heterocycles. The molecule has 0 spiro atoms. The predicted molar refractivity (Wildman–Crippen MR) is 115 cm³/mol. The number of rotatable bonds is 5. The van der Waals surface area contributed by atoms with Crippen molar-refractivity contribution < 1.29 is 9.90 Å². The van der Waals surface area contributed by atoms with E-state index in [1.54, 1.807) is 0 Å². The van der Waals surface area contributed by atoms with Gasteiger partial charge in [0.1, 0.15) is 0 Å². The topological polar surface area (TPSA) is 78.6 Å². The average Bonchev–Trinajstić information content (AvgIpc) is 2.63. The molecule has 2 aliphatic rings. The lowest BCUT2D eigenvalue weighted by Gasteiger charge is -2.31. The monoisotopic (exact) mass is 417 g/mol. The summed E-state index contributed by atoms with van der Waals surface area (Å²) in [5, 5.41) is 12.3. The third-order valence-corrected chi connectivity index (χ3v) is 5.65. The fourth-order valence-corrected chi connectivity index (χ4v) is 4.04. The zero-order valence-electron chi connectivity index (χ0n) is 15.8. The van der Waals surface area contributed by atoms with Crippen molar-refractivity contribution in [3.05, 3.63) is 29.8 Å². The molecule has 0 radical (unpaired) electrons. The van der Waals surface area contributed by atoms with E-state index in [0.29, 0.717) is 12.5 Å². The minimum Gasteiger partial charge on any atom is -0.396 e. The van der Waals surface area contributed by atoms with Crippen molar-refractivity contribution in [3.8, 4) is 0 Å². The Morgan fingerprint density at radius 2 is 1.93 bits per heavy atom. The van der Waals surface area contributed by atoms with Crippen molar-refractivity contribution in [3.63, 3.8) is 0 Å². The standard InChI is InChI=1S/C20H31N3O2.2ClH/c21-18-5-2-4-17(12-18)20(25)22-19-6-1-3-16(11-19)13-23-9-7-15(14-24)8-10-23;;/h1,3,6,11,15,17-18,24H,2,4-5,7-10,12-14,21H2,(H,22,25);2*1H. The van der Waals surface area contributed by atoms with E-state index >= 15 is 0 Å². The number of aliphatic hydroxyl groups excluding tert-OH is 1. The molecule has 1 aliphatic carbocycles. The molecule has 1 aliphatic heterocycles. The number of halogens is 2. The summed E-state index contributed by atoms with van der Waals surface area (Å²) in [6.07, 6.45) is 5.95. The highest BCUT2D eigenvalue weighted by atomic mass is 35.5. The van der Waals surface area contributed by atoms with Crippen molar-refractivity contribution in [2.75, 3.05) is 25.0 Å². The predicted octanol–water partition coefficient (Wildman–Crippen LogP) is 3.19. The molecule has 3 rings (SSSR count). The number of carbonyl (C=O) groups is 1. The van der Waals surface area contributed by atoms with Gasteiger partial charge in [0.2, 0.25) is 5.91 Å². The molecule has 5 nitrogen and oxygen atoms in total. The minimum absolute atomic E-state index is 0. The second-order valence-electron chi connectivity index (χ2n) is 7.72. The summed E-state index contributed by atoms with van der Waals surface area (Å²) in [5.74, 6) is 0.615. The molecule has 1 saturated carbocycles. The van der Waals surface area contributed by atoms with Crippen LogP contribution in [0, 0.1) is 11.8 Å². The molecule has 4 N–H and O–H groups in total. The number of nitrogens with zero attached hydrogens (tertiary/aromatic N) is 1. The third-order valence-electron chi connectivity index (χ3n) is 5.65. The summed E-state index contributed by atoms with van der Waals surface area (Å²) < 4.78 is 0. The molecule has 1 saturated heterocycles. The number of nitrogens with two attached hydrogens (primary N) is 1. The fourth-order valence-electron chi connectivity index (χ4n) is 4.04. The van der Waals surface area contributed by atoms with Crippen LogP contribution in [0.3, 0.4) is 0 Å². The molecule has 2 unspecified atom stereocenters. The Kier molecular flexibility index (Phi) is 10.6. The molecule has 2 fully saturated rings. The van der Waals surface area contributed by atoms with Crippen molar-refractivity contribution in [1.29, 1.82) is 0 Å². The summed E-state index contributed by atoms with van der Waals surface area (Å²) in [6, 6.07) is 8.33. The second-order valence-corrected chi connectivity index (χ2v) is 7.72. The molecule has 154 valence electrons. The maximum atomic E-state index is 12.5. The number of nitrogens with one attached hydrogen (secondary N) is 1. The van der Waals surface area contributed by atoms with Gasteiger partial charge in [0, 0.05) is 30.8 Å². The van der Waals surface area contributed by atoms with Crippen LogP contribution in [-0.2, 0) is 11.3 Å². The van der Waals surface area contributed by atoms with Crippen molar-refractivity contribution in [2.45, 2.75) is 51.1 Å². The number of hydrogen-bond acceptors (Lipinski definition) is 4. The van der Waals surface area contributed by atoms with Gasteiger partial charge in [-0.2, -0.15) is 0 Å². The molecular formula is C20H33Cl2N3O2. The first-order chi connectivity index (χ1) is 12.1. The van der Waals surface area contributed by atoms with Crippen LogP contribution in [0.15, 0.2) is 24.3 Å². The van der Waals surface area contributed by atoms with Gasteiger partial charge in [-0.25, -0.2) is 0 Å². The molecule has 1 heterocycles. The number of carbonyl (C=O) groups excluding carboxylic acids is 1. The lowest BCUT2D eigenvalue weighted by atomic mass is 9.85. The Morgan fingerprint density at radius 3 is 2.59 bits per heavy atom. The summed E-state index contributed by atoms with van der Waals surface area (Å²) >= 11 is 0. The molecule has 0 bridgehead atoms. The lowest BCUT2D eigenvalue weighted by Crippen LogP contribution is -2.34. The summed E-state index contributed by atoms with van der Waals surface area (Å²) in [6.45, 7) is 3.26. The smallest absolute Gasteiger partial charge is 0.227 e. The minimum atomic E-state index is 0. The van der Waals surface area contributed by atoms with Crippen LogP contribution in [0.25, 0.3) is 0 Å². The number of likely N-dealkylation sites (tertiary alicyclic amines) is 1. The van der Waals surface area contributed by atoms with Gasteiger partial charge in [0.25, 0.3) is 0 Å². The first-order valence-electron chi connectivity index (χ1n) is 9.62. The van der Waals surface area contributed by atoms with Crippen LogP contribution in [0.2, 0.25) is 0 Å². The maximum absolute atomic E-state index is 12.5. The van der Waals surface area contributed by atoms with Gasteiger partial charge in [-0.1, -0.05) is 18.6 Å². The van der Waals surface area contributed by atoms with Crippen LogP contribution in [0.1, 0.15) is 44.1 Å². The van der Waals surface area contributed by atoms with Crippen molar-refractivity contribution in [1.82, 2.24) is 4.90 Å². The summed E-state index contributed by atoms with van der Waals surface area (Å²) in [4.78, 5) is 14.9. The largest absolute Gasteiger partial charge is 0.396 e. The van der Waals surface area contributed by atoms with E-state index in [-0.39, 0.29) is 42.7 Å². The Labute approximate surface area is 174 Å². The van der Waals surface area contributed by atoms with Crippen molar-refractivity contribution in [2.24, 2.45) is 17.6 Å².